The SMILES string of the molecule is CC(C)Cc1ccc(C(=O)OCC(=O)Nc2ccc([N+](=O)[O-])cc2)cc1. The molecule has 0 aromatic heterocycles. The largest absolute Gasteiger partial charge is 0.452 e. The van der Waals surface area contributed by atoms with Gasteiger partial charge in [-0.2, -0.15) is 0 Å². The summed E-state index contributed by atoms with van der Waals surface area (Å²) in [6.07, 6.45) is 0.924. The number of hydrogen-bond acceptors (Lipinski definition) is 5. The van der Waals surface area contributed by atoms with E-state index in [9.17, 15) is 19.7 Å². The van der Waals surface area contributed by atoms with Gasteiger partial charge in [-0.25, -0.2) is 4.79 Å². The average molecular weight is 356 g/mol. The molecule has 7 heteroatoms. The van der Waals surface area contributed by atoms with Crippen LogP contribution < -0.4 is 5.32 Å². The fraction of sp³-hybridized carbons (Fsp3) is 0.263. The van der Waals surface area contributed by atoms with E-state index in [-0.39, 0.29) is 5.69 Å². The van der Waals surface area contributed by atoms with Gasteiger partial charge in [-0.1, -0.05) is 26.0 Å². The summed E-state index contributed by atoms with van der Waals surface area (Å²) in [4.78, 5) is 33.9. The molecular weight excluding hydrogens is 336 g/mol. The molecule has 0 saturated heterocycles. The van der Waals surface area contributed by atoms with Crippen LogP contribution in [0, 0.1) is 16.0 Å². The summed E-state index contributed by atoms with van der Waals surface area (Å²) < 4.78 is 4.99. The number of nitrogens with one attached hydrogen (secondary N) is 1. The quantitative estimate of drug-likeness (QED) is 0.464. The molecule has 0 radical (unpaired) electrons. The monoisotopic (exact) mass is 356 g/mol. The third kappa shape index (κ3) is 5.70. The van der Waals surface area contributed by atoms with Crippen molar-refractivity contribution in [3.63, 3.8) is 0 Å². The van der Waals surface area contributed by atoms with E-state index in [1.165, 1.54) is 24.3 Å². The lowest BCUT2D eigenvalue weighted by Crippen LogP contribution is -2.20. The van der Waals surface area contributed by atoms with Crippen LogP contribution in [0.2, 0.25) is 0 Å². The Balaban J connectivity index is 1.84. The standard InChI is InChI=1S/C19H20N2O5/c1-13(2)11-14-3-5-15(6-4-14)19(23)26-12-18(22)20-16-7-9-17(10-8-16)21(24)25/h3-10,13H,11-12H2,1-2H3,(H,20,22). The first-order valence-corrected chi connectivity index (χ1v) is 8.15. The molecule has 0 aliphatic rings. The number of ether oxygens (including phenoxy) is 1. The smallest absolute Gasteiger partial charge is 0.338 e. The van der Waals surface area contributed by atoms with Crippen molar-refractivity contribution in [2.45, 2.75) is 20.3 Å². The van der Waals surface area contributed by atoms with E-state index in [0.29, 0.717) is 17.2 Å². The number of nitro benzene ring substituents is 1. The number of benzene rings is 2. The minimum absolute atomic E-state index is 0.0738. The van der Waals surface area contributed by atoms with Gasteiger partial charge in [0.1, 0.15) is 0 Å². The van der Waals surface area contributed by atoms with Crippen molar-refractivity contribution < 1.29 is 19.2 Å². The van der Waals surface area contributed by atoms with Crippen molar-refractivity contribution in [3.8, 4) is 0 Å². The van der Waals surface area contributed by atoms with Crippen molar-refractivity contribution in [2.75, 3.05) is 11.9 Å². The highest BCUT2D eigenvalue weighted by Gasteiger charge is 2.11. The maximum atomic E-state index is 12.0. The van der Waals surface area contributed by atoms with Gasteiger partial charge in [-0.15, -0.1) is 0 Å². The number of carbonyl (C=O) groups is 2. The lowest BCUT2D eigenvalue weighted by atomic mass is 10.0. The second kappa shape index (κ2) is 8.75. The first-order valence-electron chi connectivity index (χ1n) is 8.15. The number of non-ortho nitro benzene ring substituents is 1. The molecule has 0 aliphatic carbocycles. The second-order valence-corrected chi connectivity index (χ2v) is 6.22. The molecular formula is C19H20N2O5. The minimum atomic E-state index is -0.583. The van der Waals surface area contributed by atoms with Gasteiger partial charge < -0.3 is 10.1 Å². The minimum Gasteiger partial charge on any atom is -0.452 e. The summed E-state index contributed by atoms with van der Waals surface area (Å²) in [6.45, 7) is 3.79. The summed E-state index contributed by atoms with van der Waals surface area (Å²) in [5.41, 5.74) is 1.82. The Labute approximate surface area is 151 Å². The van der Waals surface area contributed by atoms with Crippen LogP contribution in [0.25, 0.3) is 0 Å². The fourth-order valence-corrected chi connectivity index (χ4v) is 2.33. The summed E-state index contributed by atoms with van der Waals surface area (Å²) >= 11 is 0. The van der Waals surface area contributed by atoms with Gasteiger partial charge in [0.2, 0.25) is 0 Å². The van der Waals surface area contributed by atoms with Crippen LogP contribution in [-0.4, -0.2) is 23.4 Å². The van der Waals surface area contributed by atoms with Gasteiger partial charge in [0.25, 0.3) is 11.6 Å². The molecule has 2 rings (SSSR count). The number of anilines is 1. The van der Waals surface area contributed by atoms with Crippen LogP contribution in [0.3, 0.4) is 0 Å². The zero-order chi connectivity index (χ0) is 19.1. The maximum absolute atomic E-state index is 12.0. The van der Waals surface area contributed by atoms with Gasteiger partial charge in [0.15, 0.2) is 6.61 Å². The van der Waals surface area contributed by atoms with Crippen LogP contribution in [0.1, 0.15) is 29.8 Å². The first-order chi connectivity index (χ1) is 12.3. The molecule has 0 bridgehead atoms. The maximum Gasteiger partial charge on any atom is 0.338 e. The van der Waals surface area contributed by atoms with Crippen LogP contribution in [-0.2, 0) is 16.0 Å². The number of hydrogen-bond donors (Lipinski definition) is 1. The Morgan fingerprint density at radius 1 is 1.08 bits per heavy atom. The molecule has 0 saturated carbocycles. The van der Waals surface area contributed by atoms with E-state index < -0.39 is 23.4 Å². The molecule has 0 aliphatic heterocycles. The van der Waals surface area contributed by atoms with Gasteiger partial charge in [0, 0.05) is 17.8 Å². The number of amides is 1. The molecule has 0 atom stereocenters. The van der Waals surface area contributed by atoms with Gasteiger partial charge >= 0.3 is 5.97 Å². The topological polar surface area (TPSA) is 98.5 Å². The second-order valence-electron chi connectivity index (χ2n) is 6.22. The normalized spacial score (nSPS) is 10.4. The van der Waals surface area contributed by atoms with Crippen LogP contribution in [0.4, 0.5) is 11.4 Å². The Hall–Kier alpha value is -3.22. The van der Waals surface area contributed by atoms with Crippen LogP contribution >= 0.6 is 0 Å². The highest BCUT2D eigenvalue weighted by molar-refractivity contribution is 5.95. The molecule has 136 valence electrons. The average Bonchev–Trinajstić information content (AvgIpc) is 2.60. The Morgan fingerprint density at radius 2 is 1.69 bits per heavy atom. The lowest BCUT2D eigenvalue weighted by molar-refractivity contribution is -0.384. The third-order valence-corrected chi connectivity index (χ3v) is 3.53. The zero-order valence-electron chi connectivity index (χ0n) is 14.6. The summed E-state index contributed by atoms with van der Waals surface area (Å²) in [5.74, 6) is -0.584. The molecule has 2 aromatic rings. The van der Waals surface area contributed by atoms with Crippen LogP contribution in [0.15, 0.2) is 48.5 Å². The van der Waals surface area contributed by atoms with Crippen molar-refractivity contribution >= 4 is 23.3 Å². The van der Waals surface area contributed by atoms with Crippen molar-refractivity contribution in [2.24, 2.45) is 5.92 Å². The number of nitrogens with zero attached hydrogens (tertiary/aromatic N) is 1. The van der Waals surface area contributed by atoms with E-state index >= 15 is 0 Å². The van der Waals surface area contributed by atoms with E-state index in [0.717, 1.165) is 12.0 Å². The molecule has 0 unspecified atom stereocenters. The summed E-state index contributed by atoms with van der Waals surface area (Å²) in [6, 6.07) is 12.5. The first kappa shape index (κ1) is 19.1. The van der Waals surface area contributed by atoms with E-state index in [2.05, 4.69) is 19.2 Å². The highest BCUT2D eigenvalue weighted by atomic mass is 16.6. The third-order valence-electron chi connectivity index (χ3n) is 3.53. The molecule has 26 heavy (non-hydrogen) atoms. The molecule has 7 nitrogen and oxygen atoms in total. The van der Waals surface area contributed by atoms with Gasteiger partial charge in [0.05, 0.1) is 10.5 Å². The number of esters is 1. The van der Waals surface area contributed by atoms with E-state index in [1.807, 2.05) is 12.1 Å². The molecule has 1 amide bonds. The summed E-state index contributed by atoms with van der Waals surface area (Å²) in [7, 11) is 0. The highest BCUT2D eigenvalue weighted by Crippen LogP contribution is 2.15. The lowest BCUT2D eigenvalue weighted by Gasteiger charge is -2.08. The zero-order valence-corrected chi connectivity index (χ0v) is 14.6. The van der Waals surface area contributed by atoms with Crippen molar-refractivity contribution in [1.29, 1.82) is 0 Å². The number of nitro groups is 1. The van der Waals surface area contributed by atoms with Gasteiger partial charge in [-0.05, 0) is 42.2 Å². The Kier molecular flexibility index (Phi) is 6.43. The molecule has 2 aromatic carbocycles. The van der Waals surface area contributed by atoms with Gasteiger partial charge in [-0.3, -0.25) is 14.9 Å². The molecule has 0 spiro atoms. The van der Waals surface area contributed by atoms with Crippen molar-refractivity contribution in [3.05, 3.63) is 69.8 Å². The molecule has 0 heterocycles. The Morgan fingerprint density at radius 3 is 2.23 bits per heavy atom. The van der Waals surface area contributed by atoms with E-state index in [1.54, 1.807) is 12.1 Å². The van der Waals surface area contributed by atoms with E-state index in [4.69, 9.17) is 4.74 Å². The predicted molar refractivity (Wildman–Crippen MR) is 97.0 cm³/mol. The molecule has 1 N–H and O–H groups in total. The predicted octanol–water partition coefficient (Wildman–Crippen LogP) is 3.59. The number of rotatable bonds is 7. The molecule has 0 fully saturated rings. The fourth-order valence-electron chi connectivity index (χ4n) is 2.33. The number of carbonyl (C=O) groups excluding carboxylic acids is 2. The Bertz CT molecular complexity index is 783. The van der Waals surface area contributed by atoms with Crippen LogP contribution in [0.5, 0.6) is 0 Å². The summed E-state index contributed by atoms with van der Waals surface area (Å²) in [5, 5.41) is 13.1. The van der Waals surface area contributed by atoms with Crippen molar-refractivity contribution in [1.82, 2.24) is 0 Å².